The number of thiol groups is 4. The summed E-state index contributed by atoms with van der Waals surface area (Å²) in [6.45, 7) is -0.997. The number of carboxylic acid groups (broad SMARTS) is 1. The molecule has 19 nitrogen and oxygen atoms in total. The molecule has 286 valence electrons. The lowest BCUT2D eigenvalue weighted by Gasteiger charge is -2.26. The normalized spacial score (nSPS) is 19.2. The zero-order valence-corrected chi connectivity index (χ0v) is 31.1. The van der Waals surface area contributed by atoms with E-state index in [-0.39, 0.29) is 42.6 Å². The Labute approximate surface area is 316 Å². The molecule has 2 aliphatic heterocycles. The van der Waals surface area contributed by atoms with Crippen molar-refractivity contribution in [1.82, 2.24) is 41.7 Å². The molecule has 2 saturated heterocycles. The van der Waals surface area contributed by atoms with Crippen LogP contribution in [-0.4, -0.2) is 160 Å². The Morgan fingerprint density at radius 1 is 0.608 bits per heavy atom. The second kappa shape index (κ2) is 21.8. The summed E-state index contributed by atoms with van der Waals surface area (Å²) in [7, 11) is 0. The molecule has 2 rings (SSSR count). The molecule has 8 amide bonds. The first-order chi connectivity index (χ1) is 24.2. The highest BCUT2D eigenvalue weighted by molar-refractivity contribution is 7.80. The van der Waals surface area contributed by atoms with Crippen LogP contribution in [0.15, 0.2) is 0 Å². The number of hydrogen-bond acceptors (Lipinski definition) is 14. The van der Waals surface area contributed by atoms with Crippen LogP contribution in [-0.2, 0) is 43.2 Å². The van der Waals surface area contributed by atoms with Crippen LogP contribution in [0.4, 0.5) is 0 Å². The lowest BCUT2D eigenvalue weighted by Crippen LogP contribution is -2.56. The highest BCUT2D eigenvalue weighted by Gasteiger charge is 2.37. The van der Waals surface area contributed by atoms with Gasteiger partial charge in [-0.25, -0.2) is 4.79 Å². The molecular weight excluding hydrogens is 751 g/mol. The van der Waals surface area contributed by atoms with Gasteiger partial charge in [-0.1, -0.05) is 0 Å². The third-order valence-corrected chi connectivity index (χ3v) is 9.47. The van der Waals surface area contributed by atoms with Crippen LogP contribution in [0, 0.1) is 0 Å². The van der Waals surface area contributed by atoms with Crippen molar-refractivity contribution in [2.75, 3.05) is 55.7 Å². The van der Waals surface area contributed by atoms with Crippen molar-refractivity contribution in [3.8, 4) is 0 Å². The minimum atomic E-state index is -1.27. The molecule has 0 radical (unpaired) electrons. The molecule has 2 fully saturated rings. The second-order valence-electron chi connectivity index (χ2n) is 11.6. The Bertz CT molecular complexity index is 1330. The molecule has 6 atom stereocenters. The summed E-state index contributed by atoms with van der Waals surface area (Å²) in [5.41, 5.74) is 5.58. The Balaban J connectivity index is 1.84. The molecule has 0 aromatic heterocycles. The average molecular weight is 796 g/mol. The number of rotatable bonds is 19. The van der Waals surface area contributed by atoms with Crippen molar-refractivity contribution in [3.63, 3.8) is 0 Å². The van der Waals surface area contributed by atoms with E-state index in [9.17, 15) is 43.2 Å². The fraction of sp³-hybridized carbons (Fsp3) is 0.679. The molecular formula is C28H45N9O10S4. The second-order valence-corrected chi connectivity index (χ2v) is 13.0. The summed E-state index contributed by atoms with van der Waals surface area (Å²) in [5.74, 6) is -6.92. The van der Waals surface area contributed by atoms with E-state index in [1.165, 1.54) is 9.80 Å². The molecule has 2 aliphatic rings. The van der Waals surface area contributed by atoms with Crippen molar-refractivity contribution in [2.24, 2.45) is 5.73 Å². The minimum Gasteiger partial charge on any atom is -0.480 e. The van der Waals surface area contributed by atoms with Gasteiger partial charge < -0.3 is 52.5 Å². The van der Waals surface area contributed by atoms with E-state index in [0.29, 0.717) is 25.7 Å². The number of nitrogens with one attached hydrogen (secondary N) is 6. The Morgan fingerprint density at radius 3 is 1.45 bits per heavy atom. The van der Waals surface area contributed by atoms with Gasteiger partial charge in [0.25, 0.3) is 0 Å². The molecule has 0 aliphatic carbocycles. The van der Waals surface area contributed by atoms with Crippen molar-refractivity contribution >= 4 is 104 Å². The first-order valence-corrected chi connectivity index (χ1v) is 18.5. The Morgan fingerprint density at radius 2 is 1.02 bits per heavy atom. The van der Waals surface area contributed by atoms with Crippen LogP contribution in [0.5, 0.6) is 0 Å². The Hall–Kier alpha value is -3.41. The number of nitrogens with zero attached hydrogens (tertiary/aromatic N) is 2. The quantitative estimate of drug-likeness (QED) is 0.0550. The number of amides is 8. The fourth-order valence-corrected chi connectivity index (χ4v) is 6.11. The predicted molar refractivity (Wildman–Crippen MR) is 195 cm³/mol. The fourth-order valence-electron chi connectivity index (χ4n) is 5.19. The zero-order chi connectivity index (χ0) is 38.2. The molecule has 0 aromatic rings. The van der Waals surface area contributed by atoms with E-state index >= 15 is 0 Å². The first kappa shape index (κ1) is 43.8. The van der Waals surface area contributed by atoms with Gasteiger partial charge >= 0.3 is 5.97 Å². The molecule has 2 heterocycles. The van der Waals surface area contributed by atoms with E-state index in [1.807, 2.05) is 0 Å². The lowest BCUT2D eigenvalue weighted by molar-refractivity contribution is -0.143. The average Bonchev–Trinajstić information content (AvgIpc) is 3.82. The van der Waals surface area contributed by atoms with E-state index in [1.54, 1.807) is 0 Å². The molecule has 0 spiro atoms. The van der Waals surface area contributed by atoms with E-state index in [4.69, 9.17) is 10.8 Å². The van der Waals surface area contributed by atoms with Gasteiger partial charge in [-0.3, -0.25) is 38.4 Å². The standard InChI is InChI=1S/C28H45N9O10S4/c29-14(10-48)23(41)31-8-21(39)36-5-1-3-18(36)26(44)34-16(12-50)25(43)30-7-20(38)33-15(11-49)24(42)32-9-22(40)37-6-2-4-19(37)27(45)35-17(13-51)28(46)47/h14-19,48-51H,1-13,29H2,(H,30,43)(H,31,41)(H,32,42)(H,33,38)(H,34,44)(H,35,45)(H,46,47)/t14-,15-,16-,17-,18-,19-/m0/s1. The van der Waals surface area contributed by atoms with Crippen LogP contribution in [0.3, 0.4) is 0 Å². The van der Waals surface area contributed by atoms with Crippen LogP contribution in [0.2, 0.25) is 0 Å². The molecule has 9 N–H and O–H groups in total. The summed E-state index contributed by atoms with van der Waals surface area (Å²) in [6.07, 6.45) is 1.63. The number of likely N-dealkylation sites (tertiary alicyclic amines) is 2. The minimum absolute atomic E-state index is 0.0817. The Kier molecular flexibility index (Phi) is 18.7. The largest absolute Gasteiger partial charge is 0.480 e. The maximum Gasteiger partial charge on any atom is 0.327 e. The monoisotopic (exact) mass is 795 g/mol. The van der Waals surface area contributed by atoms with Crippen LogP contribution in [0.25, 0.3) is 0 Å². The van der Waals surface area contributed by atoms with Crippen LogP contribution >= 0.6 is 50.5 Å². The van der Waals surface area contributed by atoms with Gasteiger partial charge in [0, 0.05) is 36.1 Å². The number of aliphatic carboxylic acids is 1. The summed E-state index contributed by atoms with van der Waals surface area (Å²) in [6, 6.07) is -6.35. The van der Waals surface area contributed by atoms with Gasteiger partial charge in [-0.05, 0) is 25.7 Å². The summed E-state index contributed by atoms with van der Waals surface area (Å²) in [5, 5.41) is 23.5. The summed E-state index contributed by atoms with van der Waals surface area (Å²) >= 11 is 16.0. The zero-order valence-electron chi connectivity index (χ0n) is 27.5. The van der Waals surface area contributed by atoms with Gasteiger partial charge in [0.1, 0.15) is 30.2 Å². The highest BCUT2D eigenvalue weighted by Crippen LogP contribution is 2.19. The SMILES string of the molecule is N[C@@H](CS)C(=O)NCC(=O)N1CCC[C@H]1C(=O)N[C@@H](CS)C(=O)NCC(=O)N[C@@H](CS)C(=O)NCC(=O)N1CCC[C@H]1C(=O)N[C@@H](CS)C(=O)O. The summed E-state index contributed by atoms with van der Waals surface area (Å²) in [4.78, 5) is 115. The highest BCUT2D eigenvalue weighted by atomic mass is 32.1. The van der Waals surface area contributed by atoms with Crippen molar-refractivity contribution in [1.29, 1.82) is 0 Å². The van der Waals surface area contributed by atoms with Crippen LogP contribution < -0.4 is 37.6 Å². The number of carbonyl (C=O) groups is 9. The third kappa shape index (κ3) is 13.3. The topological polar surface area (TPSA) is 279 Å². The molecule has 0 unspecified atom stereocenters. The van der Waals surface area contributed by atoms with Gasteiger partial charge in [0.05, 0.1) is 25.7 Å². The third-order valence-electron chi connectivity index (χ3n) is 7.98. The van der Waals surface area contributed by atoms with Gasteiger partial charge in [-0.15, -0.1) is 0 Å². The van der Waals surface area contributed by atoms with Crippen LogP contribution in [0.1, 0.15) is 25.7 Å². The van der Waals surface area contributed by atoms with Crippen molar-refractivity contribution in [3.05, 3.63) is 0 Å². The molecule has 23 heteroatoms. The predicted octanol–water partition coefficient (Wildman–Crippen LogP) is -5.10. The van der Waals surface area contributed by atoms with Crippen molar-refractivity contribution < 1.29 is 48.3 Å². The van der Waals surface area contributed by atoms with Gasteiger partial charge in [-0.2, -0.15) is 50.5 Å². The van der Waals surface area contributed by atoms with E-state index < -0.39 is 103 Å². The van der Waals surface area contributed by atoms with Crippen molar-refractivity contribution in [2.45, 2.75) is 61.9 Å². The van der Waals surface area contributed by atoms with E-state index in [0.717, 1.165) is 0 Å². The number of hydrogen-bond donors (Lipinski definition) is 12. The maximum atomic E-state index is 13.0. The van der Waals surface area contributed by atoms with Gasteiger partial charge in [0.15, 0.2) is 0 Å². The first-order valence-electron chi connectivity index (χ1n) is 15.9. The molecule has 51 heavy (non-hydrogen) atoms. The van der Waals surface area contributed by atoms with E-state index in [2.05, 4.69) is 82.4 Å². The smallest absolute Gasteiger partial charge is 0.327 e. The molecule has 0 saturated carbocycles. The lowest BCUT2D eigenvalue weighted by atomic mass is 10.2. The maximum absolute atomic E-state index is 13.0. The summed E-state index contributed by atoms with van der Waals surface area (Å²) < 4.78 is 0. The number of nitrogens with two attached hydrogens (primary N) is 1. The van der Waals surface area contributed by atoms with Gasteiger partial charge in [0.2, 0.25) is 47.3 Å². The molecule has 0 bridgehead atoms. The molecule has 0 aromatic carbocycles. The number of carbonyl (C=O) groups excluding carboxylic acids is 8. The number of carboxylic acids is 1.